The third kappa shape index (κ3) is 5.48. The highest BCUT2D eigenvalue weighted by Gasteiger charge is 2.41. The molecule has 1 N–H and O–H groups in total. The van der Waals surface area contributed by atoms with E-state index in [0.717, 1.165) is 51.0 Å². The van der Waals surface area contributed by atoms with Crippen LogP contribution in [-0.4, -0.2) is 93.7 Å². The summed E-state index contributed by atoms with van der Waals surface area (Å²) in [5.41, 5.74) is 0. The van der Waals surface area contributed by atoms with Crippen molar-refractivity contribution in [3.05, 3.63) is 24.2 Å². The lowest BCUT2D eigenvalue weighted by atomic mass is 10.2. The first kappa shape index (κ1) is 21.1. The largest absolute Gasteiger partial charge is 0.469 e. The standard InChI is InChI=1S/C19H32N4O4S/c1-19(2)16-23(11-15-28(19,24)25)18(20-6-5-17-4-3-12-27-17)21-7-8-22-9-13-26-14-10-22/h3-4,12H,5-11,13-16H2,1-2H3,(H,20,21). The van der Waals surface area contributed by atoms with Crippen LogP contribution in [0.25, 0.3) is 0 Å². The van der Waals surface area contributed by atoms with Crippen LogP contribution in [0.5, 0.6) is 0 Å². The van der Waals surface area contributed by atoms with Gasteiger partial charge in [0, 0.05) is 45.7 Å². The second-order valence-corrected chi connectivity index (χ2v) is 10.7. The smallest absolute Gasteiger partial charge is 0.194 e. The van der Waals surface area contributed by atoms with Crippen LogP contribution in [-0.2, 0) is 21.0 Å². The molecule has 28 heavy (non-hydrogen) atoms. The molecule has 1 aromatic heterocycles. The normalized spacial score (nSPS) is 22.9. The van der Waals surface area contributed by atoms with E-state index in [2.05, 4.69) is 15.1 Å². The van der Waals surface area contributed by atoms with Gasteiger partial charge < -0.3 is 19.4 Å². The number of hydrogen-bond donors (Lipinski definition) is 1. The van der Waals surface area contributed by atoms with Gasteiger partial charge in [-0.1, -0.05) is 0 Å². The van der Waals surface area contributed by atoms with Gasteiger partial charge in [-0.15, -0.1) is 0 Å². The van der Waals surface area contributed by atoms with Crippen molar-refractivity contribution in [3.8, 4) is 0 Å². The van der Waals surface area contributed by atoms with Crippen molar-refractivity contribution in [1.82, 2.24) is 15.1 Å². The number of ether oxygens (including phenoxy) is 1. The Balaban J connectivity index is 1.61. The van der Waals surface area contributed by atoms with Crippen LogP contribution in [0, 0.1) is 0 Å². The SMILES string of the molecule is CC1(C)CN(C(=NCCN2CCOCC2)NCCc2ccco2)CCS1(=O)=O. The van der Waals surface area contributed by atoms with Crippen molar-refractivity contribution >= 4 is 15.8 Å². The molecule has 158 valence electrons. The van der Waals surface area contributed by atoms with Crippen LogP contribution in [0.15, 0.2) is 27.8 Å². The van der Waals surface area contributed by atoms with Gasteiger partial charge in [-0.05, 0) is 26.0 Å². The van der Waals surface area contributed by atoms with E-state index < -0.39 is 14.6 Å². The van der Waals surface area contributed by atoms with Crippen LogP contribution in [0.1, 0.15) is 19.6 Å². The summed E-state index contributed by atoms with van der Waals surface area (Å²) in [4.78, 5) is 9.21. The number of nitrogens with one attached hydrogen (secondary N) is 1. The highest BCUT2D eigenvalue weighted by atomic mass is 32.2. The summed E-state index contributed by atoms with van der Waals surface area (Å²) in [5.74, 6) is 1.85. The maximum Gasteiger partial charge on any atom is 0.194 e. The van der Waals surface area contributed by atoms with Crippen molar-refractivity contribution < 1.29 is 17.6 Å². The molecule has 3 heterocycles. The molecule has 2 saturated heterocycles. The highest BCUT2D eigenvalue weighted by Crippen LogP contribution is 2.23. The predicted molar refractivity (Wildman–Crippen MR) is 109 cm³/mol. The third-order valence-electron chi connectivity index (χ3n) is 5.36. The van der Waals surface area contributed by atoms with Gasteiger partial charge in [0.2, 0.25) is 0 Å². The molecule has 0 atom stereocenters. The number of sulfone groups is 1. The Morgan fingerprint density at radius 2 is 2.07 bits per heavy atom. The minimum atomic E-state index is -3.08. The van der Waals surface area contributed by atoms with E-state index in [1.165, 1.54) is 0 Å². The first-order valence-electron chi connectivity index (χ1n) is 9.95. The van der Waals surface area contributed by atoms with Crippen molar-refractivity contribution in [2.24, 2.45) is 4.99 Å². The molecule has 2 aliphatic rings. The maximum absolute atomic E-state index is 12.3. The monoisotopic (exact) mass is 412 g/mol. The Labute approximate surface area is 167 Å². The average molecular weight is 413 g/mol. The topological polar surface area (TPSA) is 87.4 Å². The number of furan rings is 1. The van der Waals surface area contributed by atoms with Crippen LogP contribution >= 0.6 is 0 Å². The summed E-state index contributed by atoms with van der Waals surface area (Å²) in [6.07, 6.45) is 2.43. The molecule has 0 spiro atoms. The summed E-state index contributed by atoms with van der Waals surface area (Å²) >= 11 is 0. The number of aliphatic imine (C=N–C) groups is 1. The van der Waals surface area contributed by atoms with E-state index >= 15 is 0 Å². The average Bonchev–Trinajstić information content (AvgIpc) is 3.17. The number of morpholine rings is 1. The second kappa shape index (κ2) is 9.28. The molecular weight excluding hydrogens is 380 g/mol. The van der Waals surface area contributed by atoms with E-state index in [1.54, 1.807) is 20.1 Å². The van der Waals surface area contributed by atoms with E-state index in [-0.39, 0.29) is 5.75 Å². The molecular formula is C19H32N4O4S. The van der Waals surface area contributed by atoms with Gasteiger partial charge in [0.1, 0.15) is 5.76 Å². The van der Waals surface area contributed by atoms with Gasteiger partial charge in [0.15, 0.2) is 15.8 Å². The van der Waals surface area contributed by atoms with E-state index in [0.29, 0.717) is 26.2 Å². The molecule has 0 saturated carbocycles. The van der Waals surface area contributed by atoms with Crippen LogP contribution in [0.3, 0.4) is 0 Å². The number of guanidine groups is 1. The molecule has 3 rings (SSSR count). The molecule has 2 fully saturated rings. The van der Waals surface area contributed by atoms with Crippen LogP contribution in [0.4, 0.5) is 0 Å². The predicted octanol–water partition coefficient (Wildman–Crippen LogP) is 0.609. The van der Waals surface area contributed by atoms with Crippen molar-refractivity contribution in [3.63, 3.8) is 0 Å². The summed E-state index contributed by atoms with van der Waals surface area (Å²) < 4.78 is 34.7. The zero-order valence-corrected chi connectivity index (χ0v) is 17.7. The molecule has 1 aromatic rings. The fourth-order valence-corrected chi connectivity index (χ4v) is 4.83. The Morgan fingerprint density at radius 3 is 2.75 bits per heavy atom. The van der Waals surface area contributed by atoms with Crippen molar-refractivity contribution in [1.29, 1.82) is 0 Å². The molecule has 9 heteroatoms. The fraction of sp³-hybridized carbons (Fsp3) is 0.737. The minimum absolute atomic E-state index is 0.155. The summed E-state index contributed by atoms with van der Waals surface area (Å²) in [6, 6.07) is 3.83. The molecule has 0 radical (unpaired) electrons. The Morgan fingerprint density at radius 1 is 1.29 bits per heavy atom. The van der Waals surface area contributed by atoms with Gasteiger partial charge in [0.05, 0.1) is 36.5 Å². The third-order valence-corrected chi connectivity index (χ3v) is 7.89. The van der Waals surface area contributed by atoms with Crippen molar-refractivity contribution in [2.75, 3.05) is 64.8 Å². The molecule has 0 amide bonds. The lowest BCUT2D eigenvalue weighted by Crippen LogP contribution is -2.57. The number of hydrogen-bond acceptors (Lipinski definition) is 6. The zero-order chi connectivity index (χ0) is 20.0. The van der Waals surface area contributed by atoms with Gasteiger partial charge >= 0.3 is 0 Å². The van der Waals surface area contributed by atoms with Gasteiger partial charge in [-0.2, -0.15) is 0 Å². The second-order valence-electron chi connectivity index (χ2n) is 7.92. The minimum Gasteiger partial charge on any atom is -0.469 e. The van der Waals surface area contributed by atoms with Crippen molar-refractivity contribution in [2.45, 2.75) is 25.0 Å². The first-order valence-corrected chi connectivity index (χ1v) is 11.6. The molecule has 8 nitrogen and oxygen atoms in total. The van der Waals surface area contributed by atoms with Crippen LogP contribution < -0.4 is 5.32 Å². The molecule has 0 unspecified atom stereocenters. The molecule has 0 bridgehead atoms. The first-order chi connectivity index (χ1) is 13.4. The van der Waals surface area contributed by atoms with Crippen LogP contribution in [0.2, 0.25) is 0 Å². The van der Waals surface area contributed by atoms with E-state index in [4.69, 9.17) is 14.1 Å². The molecule has 0 aromatic carbocycles. The number of nitrogens with zero attached hydrogens (tertiary/aromatic N) is 3. The molecule has 2 aliphatic heterocycles. The quantitative estimate of drug-likeness (QED) is 0.541. The lowest BCUT2D eigenvalue weighted by molar-refractivity contribution is 0.0394. The maximum atomic E-state index is 12.3. The van der Waals surface area contributed by atoms with E-state index in [9.17, 15) is 8.42 Å². The number of rotatable bonds is 6. The Bertz CT molecular complexity index is 740. The zero-order valence-electron chi connectivity index (χ0n) is 16.9. The van der Waals surface area contributed by atoms with Gasteiger partial charge in [-0.25, -0.2) is 8.42 Å². The van der Waals surface area contributed by atoms with E-state index in [1.807, 2.05) is 12.1 Å². The Kier molecular flexibility index (Phi) is 7.00. The Hall–Kier alpha value is -1.58. The summed E-state index contributed by atoms with van der Waals surface area (Å²) in [6.45, 7) is 10.2. The fourth-order valence-electron chi connectivity index (χ4n) is 3.47. The summed E-state index contributed by atoms with van der Waals surface area (Å²) in [7, 11) is -3.08. The van der Waals surface area contributed by atoms with Gasteiger partial charge in [-0.3, -0.25) is 9.89 Å². The lowest BCUT2D eigenvalue weighted by Gasteiger charge is -2.39. The summed E-state index contributed by atoms with van der Waals surface area (Å²) in [5, 5.41) is 3.41. The highest BCUT2D eigenvalue weighted by molar-refractivity contribution is 7.92. The van der Waals surface area contributed by atoms with Gasteiger partial charge in [0.25, 0.3) is 0 Å². The molecule has 0 aliphatic carbocycles.